The second-order valence-electron chi connectivity index (χ2n) is 10.9. The van der Waals surface area contributed by atoms with Gasteiger partial charge in [0.1, 0.15) is 13.2 Å². The van der Waals surface area contributed by atoms with Gasteiger partial charge in [0.05, 0.1) is 35.8 Å². The number of halogens is 6. The maximum Gasteiger partial charge on any atom is 0.416 e. The molecule has 3 aromatic rings. The van der Waals surface area contributed by atoms with Crippen molar-refractivity contribution in [1.29, 1.82) is 0 Å². The van der Waals surface area contributed by atoms with Crippen molar-refractivity contribution in [2.75, 3.05) is 13.2 Å². The number of alkyl halides is 6. The van der Waals surface area contributed by atoms with E-state index < -0.39 is 66.1 Å². The molecule has 4 rings (SSSR count). The maximum absolute atomic E-state index is 13.8. The van der Waals surface area contributed by atoms with E-state index >= 15 is 0 Å². The Kier molecular flexibility index (Phi) is 9.86. The lowest BCUT2D eigenvalue weighted by Crippen LogP contribution is -2.66. The van der Waals surface area contributed by atoms with Crippen LogP contribution in [0.4, 0.5) is 35.9 Å². The lowest BCUT2D eigenvalue weighted by molar-refractivity contribution is -0.143. The van der Waals surface area contributed by atoms with Gasteiger partial charge < -0.3 is 15.2 Å². The molecule has 1 aliphatic rings. The van der Waals surface area contributed by atoms with Gasteiger partial charge in [-0.1, -0.05) is 60.7 Å². The Hall–Kier alpha value is -4.77. The highest BCUT2D eigenvalue weighted by Gasteiger charge is 2.56. The number of benzene rings is 3. The van der Waals surface area contributed by atoms with Gasteiger partial charge in [-0.15, -0.1) is 0 Å². The minimum Gasteiger partial charge on any atom is -0.445 e. The molecule has 0 aromatic heterocycles. The van der Waals surface area contributed by atoms with Crippen molar-refractivity contribution in [3.63, 3.8) is 0 Å². The first-order valence-electron chi connectivity index (χ1n) is 14.0. The minimum atomic E-state index is -5.06. The number of nitrogens with one attached hydrogen (secondary N) is 1. The standard InChI is InChI=1S/C32H30F6N4O4/c1-21(23-15-25(31(33,34)35)17-26(16-23)32(36,37)38)46-20-29(24-11-7-4-8-12-24)13-14-30(40-2,41-27(39)43)19-42(29)28(44)45-18-22-9-5-3-6-10-22/h3-12,15-17,21H,13-14,18-20H2,1H3,(H3,39,41,43)/t21-,29-,30-/m1/s1. The average molecular weight is 649 g/mol. The summed E-state index contributed by atoms with van der Waals surface area (Å²) >= 11 is 0. The third-order valence-electron chi connectivity index (χ3n) is 7.85. The molecule has 0 unspecified atom stereocenters. The van der Waals surface area contributed by atoms with E-state index in [0.29, 0.717) is 23.3 Å². The number of nitrogens with zero attached hydrogens (tertiary/aromatic N) is 2. The molecule has 1 fully saturated rings. The fourth-order valence-electron chi connectivity index (χ4n) is 5.38. The van der Waals surface area contributed by atoms with Crippen LogP contribution >= 0.6 is 0 Å². The molecule has 0 spiro atoms. The second kappa shape index (κ2) is 13.3. The summed E-state index contributed by atoms with van der Waals surface area (Å²) in [6.07, 6.45) is -12.4. The van der Waals surface area contributed by atoms with Crippen LogP contribution in [0.3, 0.4) is 0 Å². The molecule has 3 aromatic carbocycles. The molecule has 0 radical (unpaired) electrons. The molecule has 14 heteroatoms. The van der Waals surface area contributed by atoms with Crippen LogP contribution in [0.1, 0.15) is 53.7 Å². The van der Waals surface area contributed by atoms with Crippen molar-refractivity contribution in [3.05, 3.63) is 118 Å². The summed E-state index contributed by atoms with van der Waals surface area (Å²) < 4.78 is 93.0. The summed E-state index contributed by atoms with van der Waals surface area (Å²) in [5.41, 5.74) is 0.0619. The maximum atomic E-state index is 13.8. The zero-order chi connectivity index (χ0) is 33.8. The van der Waals surface area contributed by atoms with Crippen LogP contribution in [0.5, 0.6) is 0 Å². The Morgan fingerprint density at radius 2 is 1.52 bits per heavy atom. The number of amides is 3. The number of primary amides is 1. The summed E-state index contributed by atoms with van der Waals surface area (Å²) in [5, 5.41) is 2.41. The summed E-state index contributed by atoms with van der Waals surface area (Å²) in [6.45, 7) is 8.14. The largest absolute Gasteiger partial charge is 0.445 e. The van der Waals surface area contributed by atoms with Crippen molar-refractivity contribution in [2.24, 2.45) is 5.73 Å². The third-order valence-corrected chi connectivity index (χ3v) is 7.85. The van der Waals surface area contributed by atoms with Crippen molar-refractivity contribution < 1.29 is 45.4 Å². The van der Waals surface area contributed by atoms with Crippen LogP contribution in [0.2, 0.25) is 0 Å². The Labute approximate surface area is 260 Å². The SMILES string of the molecule is [C-]#[N+][C@@]1(NC(N)=O)CC[C@@](CO[C@H](C)c2cc(C(F)(F)F)cc(C(F)(F)F)c2)(c2ccccc2)N(C(=O)OCc2ccccc2)C1. The lowest BCUT2D eigenvalue weighted by atomic mass is 9.77. The second-order valence-corrected chi connectivity index (χ2v) is 10.9. The number of urea groups is 1. The van der Waals surface area contributed by atoms with Crippen LogP contribution < -0.4 is 11.1 Å². The Bertz CT molecular complexity index is 1550. The molecule has 8 nitrogen and oxygen atoms in total. The quantitative estimate of drug-likeness (QED) is 0.196. The van der Waals surface area contributed by atoms with E-state index in [4.69, 9.17) is 21.8 Å². The molecular weight excluding hydrogens is 618 g/mol. The number of carbonyl (C=O) groups excluding carboxylic acids is 2. The first-order chi connectivity index (χ1) is 21.6. The monoisotopic (exact) mass is 648 g/mol. The van der Waals surface area contributed by atoms with Gasteiger partial charge >= 0.3 is 30.1 Å². The number of nitrogens with two attached hydrogens (primary N) is 1. The first kappa shape index (κ1) is 34.1. The molecule has 3 atom stereocenters. The smallest absolute Gasteiger partial charge is 0.416 e. The predicted molar refractivity (Wildman–Crippen MR) is 154 cm³/mol. The van der Waals surface area contributed by atoms with Crippen molar-refractivity contribution >= 4 is 12.1 Å². The van der Waals surface area contributed by atoms with E-state index in [1.54, 1.807) is 60.7 Å². The van der Waals surface area contributed by atoms with Crippen LogP contribution in [-0.4, -0.2) is 35.8 Å². The third kappa shape index (κ3) is 7.71. The number of piperidine rings is 1. The van der Waals surface area contributed by atoms with Gasteiger partial charge in [-0.2, -0.15) is 26.3 Å². The molecule has 3 N–H and O–H groups in total. The van der Waals surface area contributed by atoms with Gasteiger partial charge in [0.25, 0.3) is 0 Å². The van der Waals surface area contributed by atoms with E-state index in [0.717, 1.165) is 0 Å². The molecule has 1 saturated heterocycles. The summed E-state index contributed by atoms with van der Waals surface area (Å²) in [7, 11) is 0. The van der Waals surface area contributed by atoms with Crippen LogP contribution in [0.25, 0.3) is 4.85 Å². The van der Waals surface area contributed by atoms with Gasteiger partial charge in [0, 0.05) is 0 Å². The number of ether oxygens (including phenoxy) is 2. The van der Waals surface area contributed by atoms with Crippen LogP contribution in [-0.2, 0) is 34.0 Å². The fourth-order valence-corrected chi connectivity index (χ4v) is 5.38. The summed E-state index contributed by atoms with van der Waals surface area (Å²) in [5.74, 6) is 0. The van der Waals surface area contributed by atoms with Gasteiger partial charge in [-0.05, 0) is 48.2 Å². The number of hydrogen-bond acceptors (Lipinski definition) is 4. The van der Waals surface area contributed by atoms with E-state index in [-0.39, 0.29) is 31.1 Å². The molecule has 0 aliphatic carbocycles. The van der Waals surface area contributed by atoms with Gasteiger partial charge in [0.2, 0.25) is 0 Å². The minimum absolute atomic E-state index is 0.0246. The Balaban J connectivity index is 1.74. The van der Waals surface area contributed by atoms with E-state index in [1.165, 1.54) is 11.8 Å². The molecule has 1 aliphatic heterocycles. The van der Waals surface area contributed by atoms with Crippen molar-refractivity contribution in [2.45, 2.75) is 56.0 Å². The number of carbonyl (C=O) groups is 2. The lowest BCUT2D eigenvalue weighted by Gasteiger charge is -2.49. The van der Waals surface area contributed by atoms with Crippen molar-refractivity contribution in [1.82, 2.24) is 10.2 Å². The highest BCUT2D eigenvalue weighted by atomic mass is 19.4. The van der Waals surface area contributed by atoms with Gasteiger partial charge in [-0.25, -0.2) is 16.2 Å². The average Bonchev–Trinajstić information content (AvgIpc) is 3.02. The number of hydrogen-bond donors (Lipinski definition) is 2. The van der Waals surface area contributed by atoms with Crippen LogP contribution in [0.15, 0.2) is 78.9 Å². The molecule has 1 heterocycles. The van der Waals surface area contributed by atoms with E-state index in [2.05, 4.69) is 10.2 Å². The Morgan fingerprint density at radius 3 is 2.04 bits per heavy atom. The molecule has 0 saturated carbocycles. The topological polar surface area (TPSA) is 98.2 Å². The molecule has 3 amide bonds. The highest BCUT2D eigenvalue weighted by molar-refractivity contribution is 5.74. The fraction of sp³-hybridized carbons (Fsp3) is 0.344. The summed E-state index contributed by atoms with van der Waals surface area (Å²) in [4.78, 5) is 30.5. The zero-order valence-electron chi connectivity index (χ0n) is 24.5. The first-order valence-corrected chi connectivity index (χ1v) is 14.0. The molecule has 46 heavy (non-hydrogen) atoms. The number of likely N-dealkylation sites (tertiary alicyclic amines) is 1. The van der Waals surface area contributed by atoms with Gasteiger partial charge in [-0.3, -0.25) is 15.1 Å². The summed E-state index contributed by atoms with van der Waals surface area (Å²) in [6, 6.07) is 17.3. The highest BCUT2D eigenvalue weighted by Crippen LogP contribution is 2.44. The number of rotatable bonds is 8. The van der Waals surface area contributed by atoms with Gasteiger partial charge in [0.15, 0.2) is 0 Å². The molecule has 244 valence electrons. The molecular formula is C32H30F6N4O4. The van der Waals surface area contributed by atoms with E-state index in [9.17, 15) is 35.9 Å². The van der Waals surface area contributed by atoms with E-state index in [1.807, 2.05) is 0 Å². The van der Waals surface area contributed by atoms with Crippen molar-refractivity contribution in [3.8, 4) is 0 Å². The predicted octanol–water partition coefficient (Wildman–Crippen LogP) is 7.41. The zero-order valence-corrected chi connectivity index (χ0v) is 24.5. The molecule has 0 bridgehead atoms. The normalized spacial score (nSPS) is 20.8. The Morgan fingerprint density at radius 1 is 0.957 bits per heavy atom. The van der Waals surface area contributed by atoms with Crippen LogP contribution in [0, 0.1) is 6.57 Å².